The van der Waals surface area contributed by atoms with Gasteiger partial charge in [0.2, 0.25) is 0 Å². The minimum Gasteiger partial charge on any atom is -0.381 e. The lowest BCUT2D eigenvalue weighted by Gasteiger charge is -2.07. The molecule has 0 aromatic carbocycles. The van der Waals surface area contributed by atoms with Gasteiger partial charge in [-0.25, -0.2) is 13.8 Å². The number of nitrogens with zero attached hydrogens (tertiary/aromatic N) is 2. The first-order chi connectivity index (χ1) is 8.66. The predicted octanol–water partition coefficient (Wildman–Crippen LogP) is 1.99. The summed E-state index contributed by atoms with van der Waals surface area (Å²) in [5.41, 5.74) is 6.33. The van der Waals surface area contributed by atoms with E-state index >= 15 is 0 Å². The summed E-state index contributed by atoms with van der Waals surface area (Å²) < 4.78 is 26.2. The maximum absolute atomic E-state index is 13.3. The van der Waals surface area contributed by atoms with Crippen LogP contribution in [-0.2, 0) is 6.42 Å². The van der Waals surface area contributed by atoms with Crippen LogP contribution in [0.2, 0.25) is 0 Å². The molecule has 2 rings (SSSR count). The average molecular weight is 250 g/mol. The van der Waals surface area contributed by atoms with Gasteiger partial charge in [-0.15, -0.1) is 0 Å². The van der Waals surface area contributed by atoms with E-state index in [1.807, 2.05) is 12.1 Å². The van der Waals surface area contributed by atoms with Crippen LogP contribution in [0.3, 0.4) is 0 Å². The van der Waals surface area contributed by atoms with Crippen LogP contribution in [0.5, 0.6) is 0 Å². The summed E-state index contributed by atoms with van der Waals surface area (Å²) in [6.07, 6.45) is 4.05. The smallest absolute Gasteiger partial charge is 0.168 e. The van der Waals surface area contributed by atoms with Crippen molar-refractivity contribution < 1.29 is 8.78 Å². The SMILES string of the molecule is Nc1nc(NCCc2ccncc2)c(F)cc1F. The van der Waals surface area contributed by atoms with E-state index in [4.69, 9.17) is 5.73 Å². The van der Waals surface area contributed by atoms with E-state index in [-0.39, 0.29) is 11.6 Å². The molecule has 0 saturated carbocycles. The molecule has 0 radical (unpaired) electrons. The fourth-order valence-electron chi connectivity index (χ4n) is 1.48. The first-order valence-electron chi connectivity index (χ1n) is 5.41. The van der Waals surface area contributed by atoms with Crippen LogP contribution in [0, 0.1) is 11.6 Å². The molecule has 0 atom stereocenters. The molecular formula is C12H12F2N4. The van der Waals surface area contributed by atoms with Gasteiger partial charge in [0.15, 0.2) is 23.3 Å². The summed E-state index contributed by atoms with van der Waals surface area (Å²) in [5, 5.41) is 2.78. The van der Waals surface area contributed by atoms with Gasteiger partial charge in [-0.2, -0.15) is 0 Å². The number of rotatable bonds is 4. The van der Waals surface area contributed by atoms with Gasteiger partial charge in [0.1, 0.15) is 0 Å². The summed E-state index contributed by atoms with van der Waals surface area (Å²) in [6, 6.07) is 4.45. The molecule has 0 spiro atoms. The van der Waals surface area contributed by atoms with Crippen molar-refractivity contribution in [1.82, 2.24) is 9.97 Å². The number of hydrogen-bond donors (Lipinski definition) is 2. The Bertz CT molecular complexity index is 531. The lowest BCUT2D eigenvalue weighted by molar-refractivity contribution is 0.579. The van der Waals surface area contributed by atoms with Crippen molar-refractivity contribution in [1.29, 1.82) is 0 Å². The van der Waals surface area contributed by atoms with E-state index in [1.165, 1.54) is 0 Å². The fourth-order valence-corrected chi connectivity index (χ4v) is 1.48. The second-order valence-electron chi connectivity index (χ2n) is 3.72. The highest BCUT2D eigenvalue weighted by Crippen LogP contribution is 2.16. The van der Waals surface area contributed by atoms with E-state index in [2.05, 4.69) is 15.3 Å². The maximum atomic E-state index is 13.3. The second-order valence-corrected chi connectivity index (χ2v) is 3.72. The Morgan fingerprint density at radius 1 is 1.17 bits per heavy atom. The van der Waals surface area contributed by atoms with Crippen molar-refractivity contribution in [2.45, 2.75) is 6.42 Å². The third-order valence-electron chi connectivity index (χ3n) is 2.41. The van der Waals surface area contributed by atoms with Gasteiger partial charge in [0.25, 0.3) is 0 Å². The third-order valence-corrected chi connectivity index (χ3v) is 2.41. The highest BCUT2D eigenvalue weighted by atomic mass is 19.1. The molecule has 94 valence electrons. The molecule has 0 aliphatic carbocycles. The number of pyridine rings is 2. The Kier molecular flexibility index (Phi) is 3.66. The molecule has 0 bridgehead atoms. The lowest BCUT2D eigenvalue weighted by atomic mass is 10.2. The van der Waals surface area contributed by atoms with Crippen molar-refractivity contribution in [3.8, 4) is 0 Å². The van der Waals surface area contributed by atoms with E-state index in [0.29, 0.717) is 13.0 Å². The zero-order chi connectivity index (χ0) is 13.0. The molecule has 0 aliphatic heterocycles. The van der Waals surface area contributed by atoms with Crippen LogP contribution in [0.25, 0.3) is 0 Å². The van der Waals surface area contributed by atoms with Crippen LogP contribution >= 0.6 is 0 Å². The third kappa shape index (κ3) is 2.91. The number of hydrogen-bond acceptors (Lipinski definition) is 4. The standard InChI is InChI=1S/C12H12F2N4/c13-9-7-10(14)12(18-11(9)15)17-6-3-8-1-4-16-5-2-8/h1-2,4-5,7H,3,6H2,(H3,15,17,18). The first kappa shape index (κ1) is 12.2. The number of nitrogens with one attached hydrogen (secondary N) is 1. The summed E-state index contributed by atoms with van der Waals surface area (Å²) in [4.78, 5) is 7.50. The van der Waals surface area contributed by atoms with Crippen LogP contribution in [0.15, 0.2) is 30.6 Å². The molecule has 0 saturated heterocycles. The molecular weight excluding hydrogens is 238 g/mol. The largest absolute Gasteiger partial charge is 0.381 e. The zero-order valence-electron chi connectivity index (χ0n) is 9.53. The van der Waals surface area contributed by atoms with Crippen molar-refractivity contribution in [2.75, 3.05) is 17.6 Å². The minimum absolute atomic E-state index is 0.0389. The molecule has 2 aromatic heterocycles. The molecule has 0 fully saturated rings. The Labute approximate surface area is 103 Å². The zero-order valence-corrected chi connectivity index (χ0v) is 9.53. The molecule has 2 heterocycles. The molecule has 0 aliphatic rings. The van der Waals surface area contributed by atoms with Crippen molar-refractivity contribution in [3.63, 3.8) is 0 Å². The summed E-state index contributed by atoms with van der Waals surface area (Å²) >= 11 is 0. The maximum Gasteiger partial charge on any atom is 0.168 e. The normalized spacial score (nSPS) is 10.3. The Morgan fingerprint density at radius 2 is 1.89 bits per heavy atom. The van der Waals surface area contributed by atoms with Crippen LogP contribution in [0.1, 0.15) is 5.56 Å². The van der Waals surface area contributed by atoms with Gasteiger partial charge >= 0.3 is 0 Å². The number of nitrogen functional groups attached to an aromatic ring is 1. The highest BCUT2D eigenvalue weighted by Gasteiger charge is 2.08. The Morgan fingerprint density at radius 3 is 2.61 bits per heavy atom. The van der Waals surface area contributed by atoms with Gasteiger partial charge in [-0.3, -0.25) is 4.98 Å². The first-order valence-corrected chi connectivity index (χ1v) is 5.41. The van der Waals surface area contributed by atoms with E-state index < -0.39 is 11.6 Å². The number of anilines is 2. The molecule has 0 unspecified atom stereocenters. The summed E-state index contributed by atoms with van der Waals surface area (Å²) in [5.74, 6) is -1.96. The van der Waals surface area contributed by atoms with Crippen LogP contribution in [-0.4, -0.2) is 16.5 Å². The molecule has 2 aromatic rings. The molecule has 6 heteroatoms. The average Bonchev–Trinajstić information content (AvgIpc) is 2.37. The van der Waals surface area contributed by atoms with Crippen LogP contribution < -0.4 is 11.1 Å². The Hall–Kier alpha value is -2.24. The van der Waals surface area contributed by atoms with Gasteiger partial charge in [-0.1, -0.05) is 0 Å². The van der Waals surface area contributed by atoms with Crippen LogP contribution in [0.4, 0.5) is 20.4 Å². The fraction of sp³-hybridized carbons (Fsp3) is 0.167. The number of aromatic nitrogens is 2. The Balaban J connectivity index is 1.97. The topological polar surface area (TPSA) is 63.8 Å². The van der Waals surface area contributed by atoms with Crippen molar-refractivity contribution >= 4 is 11.6 Å². The second kappa shape index (κ2) is 5.39. The summed E-state index contributed by atoms with van der Waals surface area (Å²) in [7, 11) is 0. The quantitative estimate of drug-likeness (QED) is 0.871. The monoisotopic (exact) mass is 250 g/mol. The van der Waals surface area contributed by atoms with Gasteiger partial charge in [0.05, 0.1) is 0 Å². The lowest BCUT2D eigenvalue weighted by Crippen LogP contribution is -2.10. The van der Waals surface area contributed by atoms with Gasteiger partial charge in [-0.05, 0) is 24.1 Å². The van der Waals surface area contributed by atoms with E-state index in [0.717, 1.165) is 11.6 Å². The minimum atomic E-state index is -0.854. The molecule has 0 amide bonds. The summed E-state index contributed by atoms with van der Waals surface area (Å²) in [6.45, 7) is 0.471. The number of halogens is 2. The predicted molar refractivity (Wildman–Crippen MR) is 65.0 cm³/mol. The molecule has 18 heavy (non-hydrogen) atoms. The van der Waals surface area contributed by atoms with Gasteiger partial charge in [0, 0.05) is 25.0 Å². The molecule has 3 N–H and O–H groups in total. The van der Waals surface area contributed by atoms with E-state index in [9.17, 15) is 8.78 Å². The number of nitrogens with two attached hydrogens (primary N) is 1. The van der Waals surface area contributed by atoms with Gasteiger partial charge < -0.3 is 11.1 Å². The molecule has 4 nitrogen and oxygen atoms in total. The highest BCUT2D eigenvalue weighted by molar-refractivity contribution is 5.44. The van der Waals surface area contributed by atoms with Crippen molar-refractivity contribution in [2.24, 2.45) is 0 Å². The van der Waals surface area contributed by atoms with Crippen molar-refractivity contribution in [3.05, 3.63) is 47.8 Å². The van der Waals surface area contributed by atoms with E-state index in [1.54, 1.807) is 12.4 Å².